The molecule has 7 heteroatoms. The summed E-state index contributed by atoms with van der Waals surface area (Å²) in [4.78, 5) is 12.0. The number of aryl methyl sites for hydroxylation is 1. The minimum absolute atomic E-state index is 0.118. The number of ether oxygens (including phenoxy) is 2. The Hall–Kier alpha value is -2.11. The van der Waals surface area contributed by atoms with Gasteiger partial charge in [-0.1, -0.05) is 29.3 Å². The van der Waals surface area contributed by atoms with Crippen LogP contribution in [0.3, 0.4) is 0 Å². The summed E-state index contributed by atoms with van der Waals surface area (Å²) in [5, 5.41) is 7.38. The summed E-state index contributed by atoms with van der Waals surface area (Å²) >= 11 is 12.6. The molecule has 1 amide bonds. The fraction of sp³-hybridized carbons (Fsp3) is 0.409. The minimum Gasteiger partial charge on any atom is -0.490 e. The molecule has 29 heavy (non-hydrogen) atoms. The Labute approximate surface area is 182 Å². The first-order valence-electron chi connectivity index (χ1n) is 9.48. The molecule has 0 heterocycles. The molecule has 0 atom stereocenters. The highest BCUT2D eigenvalue weighted by Crippen LogP contribution is 2.34. The quantitative estimate of drug-likeness (QED) is 0.562. The third kappa shape index (κ3) is 7.33. The Balaban J connectivity index is 2.11. The Morgan fingerprint density at radius 3 is 2.34 bits per heavy atom. The molecule has 0 bridgehead atoms. The van der Waals surface area contributed by atoms with Gasteiger partial charge in [0.05, 0.1) is 6.61 Å². The van der Waals surface area contributed by atoms with Crippen LogP contribution in [0.15, 0.2) is 30.3 Å². The zero-order chi connectivity index (χ0) is 21.6. The topological polar surface area (TPSA) is 59.6 Å². The van der Waals surface area contributed by atoms with E-state index in [0.29, 0.717) is 34.7 Å². The van der Waals surface area contributed by atoms with Crippen molar-refractivity contribution in [3.05, 3.63) is 51.5 Å². The first-order chi connectivity index (χ1) is 13.6. The van der Waals surface area contributed by atoms with Crippen molar-refractivity contribution in [3.8, 4) is 11.5 Å². The van der Waals surface area contributed by atoms with Crippen LogP contribution in [-0.4, -0.2) is 24.7 Å². The smallest absolute Gasteiger partial charge is 0.258 e. The maximum atomic E-state index is 12.0. The second kappa shape index (κ2) is 10.1. The van der Waals surface area contributed by atoms with Crippen molar-refractivity contribution in [3.63, 3.8) is 0 Å². The summed E-state index contributed by atoms with van der Waals surface area (Å²) in [5.41, 5.74) is 2.44. The van der Waals surface area contributed by atoms with E-state index in [0.717, 1.165) is 16.8 Å². The number of anilines is 1. The highest BCUT2D eigenvalue weighted by atomic mass is 35.5. The van der Waals surface area contributed by atoms with Crippen molar-refractivity contribution in [1.82, 2.24) is 5.32 Å². The molecule has 0 spiro atoms. The van der Waals surface area contributed by atoms with Crippen LogP contribution in [0.2, 0.25) is 10.0 Å². The average Bonchev–Trinajstić information content (AvgIpc) is 2.62. The number of hydrogen-bond acceptors (Lipinski definition) is 4. The predicted molar refractivity (Wildman–Crippen MR) is 120 cm³/mol. The lowest BCUT2D eigenvalue weighted by Gasteiger charge is -2.21. The van der Waals surface area contributed by atoms with Gasteiger partial charge < -0.3 is 20.1 Å². The lowest BCUT2D eigenvalue weighted by molar-refractivity contribution is -0.124. The number of carbonyl (C=O) groups is 1. The first kappa shape index (κ1) is 23.2. The van der Waals surface area contributed by atoms with Crippen molar-refractivity contribution < 1.29 is 14.3 Å². The van der Waals surface area contributed by atoms with E-state index < -0.39 is 0 Å². The molecule has 0 saturated carbocycles. The maximum Gasteiger partial charge on any atom is 0.258 e. The van der Waals surface area contributed by atoms with Gasteiger partial charge in [-0.25, -0.2) is 0 Å². The minimum atomic E-state index is -0.324. The van der Waals surface area contributed by atoms with Gasteiger partial charge in [-0.3, -0.25) is 4.79 Å². The number of hydrogen-bond donors (Lipinski definition) is 2. The van der Waals surface area contributed by atoms with Gasteiger partial charge in [0, 0.05) is 33.9 Å². The molecule has 0 saturated heterocycles. The van der Waals surface area contributed by atoms with Crippen LogP contribution in [-0.2, 0) is 11.3 Å². The monoisotopic (exact) mass is 438 g/mol. The van der Waals surface area contributed by atoms with E-state index in [2.05, 4.69) is 10.6 Å². The summed E-state index contributed by atoms with van der Waals surface area (Å²) in [6.45, 7) is 10.4. The molecule has 2 aromatic rings. The molecule has 2 aromatic carbocycles. The van der Waals surface area contributed by atoms with Gasteiger partial charge in [0.2, 0.25) is 0 Å². The molecule has 0 fully saturated rings. The van der Waals surface area contributed by atoms with Gasteiger partial charge in [0.1, 0.15) is 0 Å². The second-order valence-corrected chi connectivity index (χ2v) is 8.54. The van der Waals surface area contributed by atoms with Gasteiger partial charge in [0.25, 0.3) is 5.91 Å². The maximum absolute atomic E-state index is 12.0. The van der Waals surface area contributed by atoms with Crippen LogP contribution in [0.4, 0.5) is 5.69 Å². The van der Waals surface area contributed by atoms with Gasteiger partial charge >= 0.3 is 0 Å². The Bertz CT molecular complexity index is 864. The SMILES string of the molecule is CCOc1cc(CNc2ccc(C)c(Cl)c2)c(Cl)cc1OCC(=O)NC(C)(C)C. The lowest BCUT2D eigenvalue weighted by Crippen LogP contribution is -2.43. The van der Waals surface area contributed by atoms with E-state index in [1.165, 1.54) is 0 Å². The molecule has 0 aliphatic rings. The fourth-order valence-electron chi connectivity index (χ4n) is 2.59. The number of halogens is 2. The number of carbonyl (C=O) groups excluding carboxylic acids is 1. The van der Waals surface area contributed by atoms with Crippen molar-refractivity contribution in [2.24, 2.45) is 0 Å². The molecule has 5 nitrogen and oxygen atoms in total. The average molecular weight is 439 g/mol. The van der Waals surface area contributed by atoms with E-state index >= 15 is 0 Å². The third-order valence-electron chi connectivity index (χ3n) is 3.94. The Kier molecular flexibility index (Phi) is 8.05. The summed E-state index contributed by atoms with van der Waals surface area (Å²) in [6.07, 6.45) is 0. The predicted octanol–water partition coefficient (Wildman–Crippen LogP) is 5.61. The van der Waals surface area contributed by atoms with Crippen LogP contribution in [0.5, 0.6) is 11.5 Å². The number of nitrogens with one attached hydrogen (secondary N) is 2. The zero-order valence-corrected chi connectivity index (χ0v) is 19.0. The fourth-order valence-corrected chi connectivity index (χ4v) is 2.99. The van der Waals surface area contributed by atoms with Crippen molar-refractivity contribution in [1.29, 1.82) is 0 Å². The highest BCUT2D eigenvalue weighted by Gasteiger charge is 2.16. The molecule has 158 valence electrons. The molecule has 0 radical (unpaired) electrons. The Morgan fingerprint density at radius 2 is 1.72 bits per heavy atom. The molecule has 2 rings (SSSR count). The van der Waals surface area contributed by atoms with Gasteiger partial charge in [-0.2, -0.15) is 0 Å². The highest BCUT2D eigenvalue weighted by molar-refractivity contribution is 6.32. The molecule has 2 N–H and O–H groups in total. The standard InChI is InChI=1S/C22H28Cl2N2O3/c1-6-28-19-9-15(12-25-16-8-7-14(2)17(23)10-16)18(24)11-20(19)29-13-21(27)26-22(3,4)5/h7-11,25H,6,12-13H2,1-5H3,(H,26,27). The van der Waals surface area contributed by atoms with Crippen LogP contribution in [0, 0.1) is 6.92 Å². The van der Waals surface area contributed by atoms with Gasteiger partial charge in [0.15, 0.2) is 18.1 Å². The number of rotatable bonds is 8. The molecule has 0 unspecified atom stereocenters. The number of amides is 1. The van der Waals surface area contributed by atoms with Crippen molar-refractivity contribution >= 4 is 34.8 Å². The van der Waals surface area contributed by atoms with Crippen LogP contribution < -0.4 is 20.1 Å². The van der Waals surface area contributed by atoms with E-state index in [9.17, 15) is 4.79 Å². The summed E-state index contributed by atoms with van der Waals surface area (Å²) in [6, 6.07) is 9.29. The second-order valence-electron chi connectivity index (χ2n) is 7.73. The summed E-state index contributed by atoms with van der Waals surface area (Å²) in [5.74, 6) is 0.764. The first-order valence-corrected chi connectivity index (χ1v) is 10.2. The molecule has 0 aliphatic carbocycles. The van der Waals surface area contributed by atoms with Gasteiger partial charge in [-0.05, 0) is 63.9 Å². The van der Waals surface area contributed by atoms with Crippen molar-refractivity contribution in [2.45, 2.75) is 46.7 Å². The van der Waals surface area contributed by atoms with E-state index in [4.69, 9.17) is 32.7 Å². The molecular formula is C22H28Cl2N2O3. The van der Waals surface area contributed by atoms with E-state index in [-0.39, 0.29) is 18.1 Å². The third-order valence-corrected chi connectivity index (χ3v) is 4.70. The van der Waals surface area contributed by atoms with Gasteiger partial charge in [-0.15, -0.1) is 0 Å². The lowest BCUT2D eigenvalue weighted by atomic mass is 10.1. The number of benzene rings is 2. The Morgan fingerprint density at radius 1 is 1.03 bits per heavy atom. The van der Waals surface area contributed by atoms with Crippen LogP contribution in [0.1, 0.15) is 38.8 Å². The van der Waals surface area contributed by atoms with Crippen LogP contribution in [0.25, 0.3) is 0 Å². The van der Waals surface area contributed by atoms with E-state index in [1.807, 2.05) is 58.9 Å². The van der Waals surface area contributed by atoms with E-state index in [1.54, 1.807) is 6.07 Å². The normalized spacial score (nSPS) is 11.1. The largest absolute Gasteiger partial charge is 0.490 e. The molecule has 0 aliphatic heterocycles. The van der Waals surface area contributed by atoms with Crippen LogP contribution >= 0.6 is 23.2 Å². The zero-order valence-electron chi connectivity index (χ0n) is 17.5. The molecular weight excluding hydrogens is 411 g/mol. The summed E-state index contributed by atoms with van der Waals surface area (Å²) in [7, 11) is 0. The van der Waals surface area contributed by atoms with Crippen molar-refractivity contribution in [2.75, 3.05) is 18.5 Å². The summed E-state index contributed by atoms with van der Waals surface area (Å²) < 4.78 is 11.4. The molecule has 0 aromatic heterocycles.